The Labute approximate surface area is 222 Å². The van der Waals surface area contributed by atoms with Gasteiger partial charge in [-0.1, -0.05) is 52.6 Å². The van der Waals surface area contributed by atoms with Gasteiger partial charge in [-0.25, -0.2) is 0 Å². The summed E-state index contributed by atoms with van der Waals surface area (Å²) in [7, 11) is 2.39. The largest absolute Gasteiger partial charge is 0.497 e. The molecule has 1 heterocycles. The SMILES string of the molecule is CB=O.CC.CC.CCCOc1c(Cl)cc(-n2ccc3cc(OC)ccc32)cc1C#N.NC1CCC1. The molecular weight excluding hydrogens is 473 g/mol. The van der Waals surface area contributed by atoms with Crippen molar-refractivity contribution in [3.05, 3.63) is 53.2 Å². The second-order valence-electron chi connectivity index (χ2n) is 7.30. The number of nitrogens with zero attached hydrogens (tertiary/aromatic N) is 2. The zero-order chi connectivity index (χ0) is 27.5. The van der Waals surface area contributed by atoms with Gasteiger partial charge in [0, 0.05) is 23.3 Å². The van der Waals surface area contributed by atoms with Crippen molar-refractivity contribution in [1.29, 1.82) is 5.26 Å². The van der Waals surface area contributed by atoms with E-state index in [1.807, 2.05) is 75.7 Å². The minimum atomic E-state index is 0.432. The van der Waals surface area contributed by atoms with Crippen LogP contribution < -0.4 is 15.2 Å². The van der Waals surface area contributed by atoms with Crippen LogP contribution >= 0.6 is 11.6 Å². The smallest absolute Gasteiger partial charge is 0.155 e. The van der Waals surface area contributed by atoms with E-state index in [4.69, 9.17) is 31.5 Å². The van der Waals surface area contributed by atoms with Gasteiger partial charge in [0.1, 0.15) is 11.8 Å². The van der Waals surface area contributed by atoms with Crippen LogP contribution in [0.3, 0.4) is 0 Å². The van der Waals surface area contributed by atoms with Crippen molar-refractivity contribution in [1.82, 2.24) is 4.57 Å². The third kappa shape index (κ3) is 10.0. The first kappa shape index (κ1) is 33.2. The molecule has 1 aliphatic rings. The fourth-order valence-corrected chi connectivity index (χ4v) is 3.33. The summed E-state index contributed by atoms with van der Waals surface area (Å²) < 4.78 is 21.7. The normalized spacial score (nSPS) is 11.2. The average molecular weight is 514 g/mol. The van der Waals surface area contributed by atoms with E-state index in [0.29, 0.717) is 29.0 Å². The van der Waals surface area contributed by atoms with Gasteiger partial charge >= 0.3 is 18.7 Å². The summed E-state index contributed by atoms with van der Waals surface area (Å²) in [6.45, 7) is 12.0. The molecule has 0 radical (unpaired) electrons. The molecule has 1 aliphatic carbocycles. The molecule has 1 saturated carbocycles. The number of benzene rings is 2. The number of hydrogen-bond acceptors (Lipinski definition) is 5. The Morgan fingerprint density at radius 1 is 1.17 bits per heavy atom. The Kier molecular flexibility index (Phi) is 17.9. The molecule has 3 aromatic rings. The van der Waals surface area contributed by atoms with E-state index < -0.39 is 0 Å². The minimum Gasteiger partial charge on any atom is -0.497 e. The number of methoxy groups -OCH3 is 1. The van der Waals surface area contributed by atoms with Crippen LogP contribution in [0.15, 0.2) is 42.6 Å². The van der Waals surface area contributed by atoms with Gasteiger partial charge < -0.3 is 19.8 Å². The summed E-state index contributed by atoms with van der Waals surface area (Å²) in [5.74, 6) is 1.25. The number of ether oxygens (including phenoxy) is 2. The third-order valence-corrected chi connectivity index (χ3v) is 5.21. The van der Waals surface area contributed by atoms with E-state index in [0.717, 1.165) is 35.9 Å². The topological polar surface area (TPSA) is 90.3 Å². The molecule has 4 rings (SSSR count). The molecule has 8 heteroatoms. The van der Waals surface area contributed by atoms with Crippen molar-refractivity contribution in [3.63, 3.8) is 0 Å². The fourth-order valence-electron chi connectivity index (χ4n) is 3.06. The molecule has 0 saturated heterocycles. The summed E-state index contributed by atoms with van der Waals surface area (Å²) >= 11 is 6.36. The van der Waals surface area contributed by atoms with E-state index in [2.05, 4.69) is 6.07 Å². The Morgan fingerprint density at radius 2 is 1.78 bits per heavy atom. The number of fused-ring (bicyclic) bond motifs is 1. The van der Waals surface area contributed by atoms with Gasteiger partial charge in [0.25, 0.3) is 0 Å². The number of aromatic nitrogens is 1. The van der Waals surface area contributed by atoms with Gasteiger partial charge in [-0.05, 0) is 55.7 Å². The maximum Gasteiger partial charge on any atom is 0.155 e. The predicted octanol–water partition coefficient (Wildman–Crippen LogP) is 7.59. The van der Waals surface area contributed by atoms with Crippen molar-refractivity contribution in [2.75, 3.05) is 13.7 Å². The molecule has 2 N–H and O–H groups in total. The van der Waals surface area contributed by atoms with Crippen LogP contribution in [0, 0.1) is 11.3 Å². The summed E-state index contributed by atoms with van der Waals surface area (Å²) in [5.41, 5.74) is 7.64. The van der Waals surface area contributed by atoms with Crippen molar-refractivity contribution in [2.24, 2.45) is 5.73 Å². The Hall–Kier alpha value is -2.82. The second-order valence-corrected chi connectivity index (χ2v) is 7.71. The van der Waals surface area contributed by atoms with Crippen molar-refractivity contribution in [2.45, 2.75) is 73.2 Å². The molecule has 36 heavy (non-hydrogen) atoms. The van der Waals surface area contributed by atoms with Gasteiger partial charge in [-0.2, -0.15) is 5.26 Å². The monoisotopic (exact) mass is 513 g/mol. The standard InChI is InChI=1S/C19H17ClN2O2.C4H9N.2C2H6.CH3BO/c1-3-8-24-19-14(12-21)9-15(11-17(19)20)22-7-6-13-10-16(23-2)4-5-18(13)22;5-4-2-1-3-4;2*1-2;1-2-3/h4-7,9-11H,3,8H2,1-2H3;4H,1-3,5H2;2*1-2H3;1H3. The number of nitrogens with two attached hydrogens (primary N) is 1. The first-order valence-electron chi connectivity index (χ1n) is 12.7. The Morgan fingerprint density at radius 3 is 2.25 bits per heavy atom. The van der Waals surface area contributed by atoms with E-state index in [9.17, 15) is 5.26 Å². The van der Waals surface area contributed by atoms with E-state index in [-0.39, 0.29) is 0 Å². The molecule has 196 valence electrons. The molecule has 1 aromatic heterocycles. The summed E-state index contributed by atoms with van der Waals surface area (Å²) in [5, 5.41) is 10.9. The molecule has 0 aliphatic heterocycles. The zero-order valence-electron chi connectivity index (χ0n) is 22.8. The summed E-state index contributed by atoms with van der Waals surface area (Å²) in [6, 6.07) is 14.2. The van der Waals surface area contributed by atoms with E-state index in [1.165, 1.54) is 26.1 Å². The first-order chi connectivity index (χ1) is 17.5. The quantitative estimate of drug-likeness (QED) is 0.355. The van der Waals surface area contributed by atoms with Crippen LogP contribution in [-0.4, -0.2) is 31.5 Å². The maximum absolute atomic E-state index is 9.43. The number of nitriles is 1. The molecular formula is C28H41BClN3O3. The fraction of sp³-hybridized carbons (Fsp3) is 0.464. The molecule has 0 amide bonds. The molecule has 0 unspecified atom stereocenters. The van der Waals surface area contributed by atoms with Crippen LogP contribution in [0.2, 0.25) is 11.8 Å². The van der Waals surface area contributed by atoms with Gasteiger partial charge in [0.2, 0.25) is 0 Å². The molecule has 0 spiro atoms. The van der Waals surface area contributed by atoms with Gasteiger partial charge in [0.15, 0.2) is 5.75 Å². The van der Waals surface area contributed by atoms with Gasteiger partial charge in [-0.15, -0.1) is 0 Å². The first-order valence-corrected chi connectivity index (χ1v) is 13.0. The van der Waals surface area contributed by atoms with Gasteiger partial charge in [-0.3, -0.25) is 0 Å². The van der Waals surface area contributed by atoms with Crippen LogP contribution in [-0.2, 0) is 4.70 Å². The van der Waals surface area contributed by atoms with E-state index >= 15 is 0 Å². The predicted molar refractivity (Wildman–Crippen MR) is 152 cm³/mol. The second kappa shape index (κ2) is 19.4. The van der Waals surface area contributed by atoms with Crippen LogP contribution in [0.25, 0.3) is 16.6 Å². The van der Waals surface area contributed by atoms with Crippen LogP contribution in [0.1, 0.15) is 65.9 Å². The molecule has 0 bridgehead atoms. The number of hydrogen-bond donors (Lipinski definition) is 1. The summed E-state index contributed by atoms with van der Waals surface area (Å²) in [4.78, 5) is 0. The third-order valence-electron chi connectivity index (χ3n) is 4.92. The number of halogens is 1. The number of rotatable bonds is 5. The van der Waals surface area contributed by atoms with Crippen LogP contribution in [0.5, 0.6) is 11.5 Å². The molecule has 1 fully saturated rings. The zero-order valence-corrected chi connectivity index (χ0v) is 23.6. The average Bonchev–Trinajstić information content (AvgIpc) is 3.32. The minimum absolute atomic E-state index is 0.432. The van der Waals surface area contributed by atoms with Crippen molar-refractivity contribution in [3.8, 4) is 23.3 Å². The van der Waals surface area contributed by atoms with Crippen LogP contribution in [0.4, 0.5) is 0 Å². The Bertz CT molecular complexity index is 1080. The summed E-state index contributed by atoms with van der Waals surface area (Å²) in [6.07, 6.45) is 6.69. The molecule has 2 aromatic carbocycles. The van der Waals surface area contributed by atoms with E-state index in [1.54, 1.807) is 13.2 Å². The van der Waals surface area contributed by atoms with Gasteiger partial charge in [0.05, 0.1) is 29.8 Å². The van der Waals surface area contributed by atoms with Crippen molar-refractivity contribution < 1.29 is 14.2 Å². The molecule has 0 atom stereocenters. The maximum atomic E-state index is 9.43. The molecule has 6 nitrogen and oxygen atoms in total. The van der Waals surface area contributed by atoms with Crippen molar-refractivity contribution >= 4 is 29.7 Å². The Balaban J connectivity index is 0.000000857.